The second kappa shape index (κ2) is 5.57. The molecular weight excluding hydrogens is 369 g/mol. The van der Waals surface area contributed by atoms with Crippen molar-refractivity contribution in [3.8, 4) is 5.75 Å². The maximum Gasteiger partial charge on any atom is 0.534 e. The van der Waals surface area contributed by atoms with E-state index in [0.29, 0.717) is 10.3 Å². The van der Waals surface area contributed by atoms with Crippen LogP contribution in [-0.2, 0) is 10.1 Å². The van der Waals surface area contributed by atoms with Gasteiger partial charge in [-0.1, -0.05) is 0 Å². The Morgan fingerprint density at radius 3 is 2.43 bits per heavy atom. The van der Waals surface area contributed by atoms with Gasteiger partial charge in [0.25, 0.3) is 0 Å². The Morgan fingerprint density at radius 1 is 1.09 bits per heavy atom. The second-order valence-electron chi connectivity index (χ2n) is 4.64. The number of alkyl halides is 3. The first-order valence-corrected chi connectivity index (χ1v) is 9.72. The van der Waals surface area contributed by atoms with Gasteiger partial charge in [-0.3, -0.25) is 0 Å². The fourth-order valence-electron chi connectivity index (χ4n) is 2.11. The van der Waals surface area contributed by atoms with Gasteiger partial charge in [0, 0.05) is 4.70 Å². The first-order valence-electron chi connectivity index (χ1n) is 6.21. The molecule has 0 bridgehead atoms. The molecule has 9 heteroatoms. The van der Waals surface area contributed by atoms with Gasteiger partial charge in [-0.05, 0) is 58.1 Å². The summed E-state index contributed by atoms with van der Waals surface area (Å²) in [5.41, 5.74) is -5.46. The summed E-state index contributed by atoms with van der Waals surface area (Å²) in [7, 11) is -5.69. The van der Waals surface area contributed by atoms with Gasteiger partial charge in [-0.15, -0.1) is 23.1 Å². The van der Waals surface area contributed by atoms with Crippen LogP contribution in [0.15, 0.2) is 40.6 Å². The Kier molecular flexibility index (Phi) is 3.97. The third-order valence-electron chi connectivity index (χ3n) is 3.18. The standard InChI is InChI=1S/C14H9F3O3S3/c1-21-13-7-10-6-12-8(2-3-22-12)4-9(10)5-11(13)20-23(18,19)14(15,16)17/h2-7H,1H3. The van der Waals surface area contributed by atoms with Crippen LogP contribution >= 0.6 is 23.1 Å². The maximum absolute atomic E-state index is 12.5. The first-order chi connectivity index (χ1) is 10.7. The summed E-state index contributed by atoms with van der Waals surface area (Å²) in [6.45, 7) is 0. The number of rotatable bonds is 3. The summed E-state index contributed by atoms with van der Waals surface area (Å²) in [5, 5.41) is 4.26. The van der Waals surface area contributed by atoms with Crippen molar-refractivity contribution < 1.29 is 25.8 Å². The van der Waals surface area contributed by atoms with Gasteiger partial charge in [-0.2, -0.15) is 21.6 Å². The highest BCUT2D eigenvalue weighted by Crippen LogP contribution is 2.37. The molecule has 0 radical (unpaired) electrons. The zero-order chi connectivity index (χ0) is 16.8. The number of thioether (sulfide) groups is 1. The van der Waals surface area contributed by atoms with Crippen LogP contribution in [0.3, 0.4) is 0 Å². The van der Waals surface area contributed by atoms with E-state index in [0.717, 1.165) is 27.2 Å². The van der Waals surface area contributed by atoms with Crippen LogP contribution in [-0.4, -0.2) is 20.2 Å². The molecule has 0 saturated carbocycles. The Balaban J connectivity index is 2.17. The van der Waals surface area contributed by atoms with E-state index in [1.165, 1.54) is 6.07 Å². The summed E-state index contributed by atoms with van der Waals surface area (Å²) in [4.78, 5) is 0.321. The van der Waals surface area contributed by atoms with Gasteiger partial charge in [0.1, 0.15) is 0 Å². The average Bonchev–Trinajstić information content (AvgIpc) is 2.89. The van der Waals surface area contributed by atoms with E-state index < -0.39 is 15.6 Å². The van der Waals surface area contributed by atoms with E-state index in [1.807, 2.05) is 17.5 Å². The van der Waals surface area contributed by atoms with Crippen molar-refractivity contribution >= 4 is 54.1 Å². The van der Waals surface area contributed by atoms with Crippen molar-refractivity contribution in [3.63, 3.8) is 0 Å². The van der Waals surface area contributed by atoms with Crippen LogP contribution in [0.25, 0.3) is 20.9 Å². The van der Waals surface area contributed by atoms with Gasteiger partial charge < -0.3 is 4.18 Å². The molecule has 0 atom stereocenters. The van der Waals surface area contributed by atoms with Crippen molar-refractivity contribution in [3.05, 3.63) is 35.7 Å². The zero-order valence-corrected chi connectivity index (χ0v) is 14.0. The number of benzene rings is 2. The van der Waals surface area contributed by atoms with E-state index >= 15 is 0 Å². The third kappa shape index (κ3) is 3.00. The highest BCUT2D eigenvalue weighted by molar-refractivity contribution is 7.98. The Bertz CT molecular complexity index is 991. The highest BCUT2D eigenvalue weighted by atomic mass is 32.2. The molecule has 0 aliphatic carbocycles. The molecule has 2 aromatic carbocycles. The summed E-state index contributed by atoms with van der Waals surface area (Å²) >= 11 is 2.67. The van der Waals surface area contributed by atoms with Crippen molar-refractivity contribution in [2.24, 2.45) is 0 Å². The minimum absolute atomic E-state index is 0.321. The van der Waals surface area contributed by atoms with E-state index in [-0.39, 0.29) is 5.75 Å². The van der Waals surface area contributed by atoms with Crippen molar-refractivity contribution in [2.45, 2.75) is 10.4 Å². The van der Waals surface area contributed by atoms with Crippen LogP contribution in [0.1, 0.15) is 0 Å². The predicted molar refractivity (Wildman–Crippen MR) is 86.7 cm³/mol. The number of hydrogen-bond acceptors (Lipinski definition) is 5. The van der Waals surface area contributed by atoms with E-state index in [9.17, 15) is 21.6 Å². The molecule has 3 nitrogen and oxygen atoms in total. The molecule has 0 amide bonds. The van der Waals surface area contributed by atoms with E-state index in [4.69, 9.17) is 0 Å². The van der Waals surface area contributed by atoms with Crippen LogP contribution in [0.5, 0.6) is 5.75 Å². The molecule has 0 saturated heterocycles. The normalized spacial score (nSPS) is 12.9. The molecule has 0 aliphatic rings. The average molecular weight is 378 g/mol. The Morgan fingerprint density at radius 2 is 1.78 bits per heavy atom. The summed E-state index contributed by atoms with van der Waals surface area (Å²) in [5.74, 6) is -0.322. The molecule has 3 aromatic rings. The van der Waals surface area contributed by atoms with Gasteiger partial charge >= 0.3 is 15.6 Å². The summed E-state index contributed by atoms with van der Waals surface area (Å²) in [6.07, 6.45) is 1.64. The lowest BCUT2D eigenvalue weighted by atomic mass is 10.1. The minimum atomic E-state index is -5.69. The molecule has 3 rings (SSSR count). The van der Waals surface area contributed by atoms with Gasteiger partial charge in [0.15, 0.2) is 5.75 Å². The summed E-state index contributed by atoms with van der Waals surface area (Å²) in [6, 6.07) is 8.53. The quantitative estimate of drug-likeness (QED) is 0.365. The number of thiophene rings is 1. The Hall–Kier alpha value is -1.45. The SMILES string of the molecule is CSc1cc2cc3sccc3cc2cc1OS(=O)(=O)C(F)(F)F. The lowest BCUT2D eigenvalue weighted by Gasteiger charge is -2.13. The molecule has 122 valence electrons. The molecule has 0 spiro atoms. The fourth-order valence-corrected chi connectivity index (χ4v) is 4.00. The van der Waals surface area contributed by atoms with Crippen LogP contribution < -0.4 is 4.18 Å². The maximum atomic E-state index is 12.5. The van der Waals surface area contributed by atoms with E-state index in [2.05, 4.69) is 4.18 Å². The fraction of sp³-hybridized carbons (Fsp3) is 0.143. The minimum Gasteiger partial charge on any atom is -0.375 e. The molecule has 1 heterocycles. The lowest BCUT2D eigenvalue weighted by Crippen LogP contribution is -2.28. The van der Waals surface area contributed by atoms with Gasteiger partial charge in [-0.25, -0.2) is 0 Å². The molecule has 0 aliphatic heterocycles. The molecule has 23 heavy (non-hydrogen) atoms. The van der Waals surface area contributed by atoms with Gasteiger partial charge in [0.05, 0.1) is 4.90 Å². The second-order valence-corrected chi connectivity index (χ2v) is 7.98. The van der Waals surface area contributed by atoms with E-state index in [1.54, 1.807) is 29.7 Å². The van der Waals surface area contributed by atoms with Crippen LogP contribution in [0.4, 0.5) is 13.2 Å². The number of hydrogen-bond donors (Lipinski definition) is 0. The number of fused-ring (bicyclic) bond motifs is 2. The van der Waals surface area contributed by atoms with Crippen molar-refractivity contribution in [2.75, 3.05) is 6.26 Å². The topological polar surface area (TPSA) is 43.4 Å². The number of halogens is 3. The molecule has 1 aromatic heterocycles. The molecule has 0 unspecified atom stereocenters. The Labute approximate surface area is 138 Å². The third-order valence-corrected chi connectivity index (χ3v) is 5.78. The summed E-state index contributed by atoms with van der Waals surface area (Å²) < 4.78 is 65.4. The largest absolute Gasteiger partial charge is 0.534 e. The first kappa shape index (κ1) is 16.4. The van der Waals surface area contributed by atoms with Crippen LogP contribution in [0.2, 0.25) is 0 Å². The molecular formula is C14H9F3O3S3. The lowest BCUT2D eigenvalue weighted by molar-refractivity contribution is -0.0500. The monoisotopic (exact) mass is 378 g/mol. The van der Waals surface area contributed by atoms with Crippen molar-refractivity contribution in [1.82, 2.24) is 0 Å². The van der Waals surface area contributed by atoms with Crippen molar-refractivity contribution in [1.29, 1.82) is 0 Å². The molecule has 0 N–H and O–H groups in total. The predicted octanol–water partition coefficient (Wildman–Crippen LogP) is 5.00. The smallest absolute Gasteiger partial charge is 0.375 e. The molecule has 0 fully saturated rings. The zero-order valence-electron chi connectivity index (χ0n) is 11.5. The van der Waals surface area contributed by atoms with Crippen LogP contribution in [0, 0.1) is 0 Å². The van der Waals surface area contributed by atoms with Gasteiger partial charge in [0.2, 0.25) is 0 Å². The highest BCUT2D eigenvalue weighted by Gasteiger charge is 2.48.